The molecule has 0 amide bonds. The summed E-state index contributed by atoms with van der Waals surface area (Å²) in [4.78, 5) is 0. The Morgan fingerprint density at radius 1 is 1.00 bits per heavy atom. The molecule has 0 aromatic heterocycles. The summed E-state index contributed by atoms with van der Waals surface area (Å²) >= 11 is 5.96. The summed E-state index contributed by atoms with van der Waals surface area (Å²) < 4.78 is 5.80. The molecule has 0 heterocycles. The number of ether oxygens (including phenoxy) is 1. The molecule has 0 aliphatic rings. The van der Waals surface area contributed by atoms with E-state index in [-0.39, 0.29) is 0 Å². The lowest BCUT2D eigenvalue weighted by molar-refractivity contribution is 0.306. The van der Waals surface area contributed by atoms with E-state index in [0.29, 0.717) is 22.9 Å². The average molecular weight is 294 g/mol. The maximum absolute atomic E-state index is 9.41. The van der Waals surface area contributed by atoms with Gasteiger partial charge in [0.25, 0.3) is 0 Å². The van der Waals surface area contributed by atoms with Crippen LogP contribution < -0.4 is 4.74 Å². The zero-order valence-electron chi connectivity index (χ0n) is 11.2. The Hall–Kier alpha value is -2.50. The Labute approximate surface area is 128 Å². The summed E-state index contributed by atoms with van der Waals surface area (Å²) in [5, 5.41) is 12.0. The molecule has 0 fully saturated rings. The third-order valence-corrected chi connectivity index (χ3v) is 3.52. The van der Waals surface area contributed by atoms with Crippen LogP contribution in [0.2, 0.25) is 5.02 Å². The van der Waals surface area contributed by atoms with Crippen LogP contribution in [0, 0.1) is 11.3 Å². The van der Waals surface area contributed by atoms with E-state index in [2.05, 4.69) is 6.07 Å². The molecule has 0 aliphatic carbocycles. The Kier molecular flexibility index (Phi) is 3.77. The van der Waals surface area contributed by atoms with E-state index in [9.17, 15) is 5.26 Å². The van der Waals surface area contributed by atoms with E-state index in [1.165, 1.54) is 0 Å². The minimum absolute atomic E-state index is 0.383. The first-order valence-corrected chi connectivity index (χ1v) is 6.95. The normalized spacial score (nSPS) is 10.3. The number of nitriles is 1. The first-order chi connectivity index (χ1) is 10.3. The summed E-state index contributed by atoms with van der Waals surface area (Å²) in [5.74, 6) is 0.594. The Morgan fingerprint density at radius 3 is 2.67 bits per heavy atom. The maximum atomic E-state index is 9.41. The van der Waals surface area contributed by atoms with Crippen molar-refractivity contribution in [3.05, 3.63) is 76.8 Å². The summed E-state index contributed by atoms with van der Waals surface area (Å²) in [5.41, 5.74) is 1.54. The lowest BCUT2D eigenvalue weighted by atomic mass is 10.0. The minimum Gasteiger partial charge on any atom is -0.487 e. The van der Waals surface area contributed by atoms with E-state index in [0.717, 1.165) is 16.3 Å². The average Bonchev–Trinajstić information content (AvgIpc) is 2.52. The van der Waals surface area contributed by atoms with Crippen LogP contribution in [0.15, 0.2) is 60.7 Å². The fourth-order valence-corrected chi connectivity index (χ4v) is 2.49. The van der Waals surface area contributed by atoms with Crippen molar-refractivity contribution in [2.45, 2.75) is 6.61 Å². The van der Waals surface area contributed by atoms with Gasteiger partial charge in [-0.15, -0.1) is 0 Å². The van der Waals surface area contributed by atoms with Crippen LogP contribution in [0.1, 0.15) is 11.1 Å². The monoisotopic (exact) mass is 293 g/mol. The van der Waals surface area contributed by atoms with Crippen LogP contribution in [0.4, 0.5) is 0 Å². The molecule has 0 spiro atoms. The second kappa shape index (κ2) is 5.87. The van der Waals surface area contributed by atoms with E-state index in [1.807, 2.05) is 60.7 Å². The molecule has 3 rings (SSSR count). The quantitative estimate of drug-likeness (QED) is 0.685. The van der Waals surface area contributed by atoms with Crippen molar-refractivity contribution in [2.75, 3.05) is 0 Å². The number of halogens is 1. The molecule has 2 nitrogen and oxygen atoms in total. The van der Waals surface area contributed by atoms with Gasteiger partial charge in [0, 0.05) is 10.4 Å². The third-order valence-electron chi connectivity index (χ3n) is 3.29. The van der Waals surface area contributed by atoms with Crippen molar-refractivity contribution in [1.82, 2.24) is 0 Å². The van der Waals surface area contributed by atoms with Crippen molar-refractivity contribution in [3.8, 4) is 11.8 Å². The van der Waals surface area contributed by atoms with Crippen LogP contribution in [0.25, 0.3) is 10.8 Å². The molecule has 3 aromatic rings. The van der Waals surface area contributed by atoms with Crippen molar-refractivity contribution < 1.29 is 4.74 Å². The van der Waals surface area contributed by atoms with Gasteiger partial charge in [0.15, 0.2) is 0 Å². The standard InChI is InChI=1S/C18H12ClNO/c19-15-6-3-4-13(10-15)12-21-18-9-8-14-5-1-2-7-16(14)17(18)11-20/h1-10H,12H2. The summed E-state index contributed by atoms with van der Waals surface area (Å²) in [7, 11) is 0. The molecule has 102 valence electrons. The van der Waals surface area contributed by atoms with Gasteiger partial charge in [-0.3, -0.25) is 0 Å². The fourth-order valence-electron chi connectivity index (χ4n) is 2.27. The highest BCUT2D eigenvalue weighted by molar-refractivity contribution is 6.30. The predicted octanol–water partition coefficient (Wildman–Crippen LogP) is 4.94. The van der Waals surface area contributed by atoms with Crippen LogP contribution >= 0.6 is 11.6 Å². The molecule has 0 saturated carbocycles. The highest BCUT2D eigenvalue weighted by atomic mass is 35.5. The molecular formula is C18H12ClNO. The highest BCUT2D eigenvalue weighted by Crippen LogP contribution is 2.28. The van der Waals surface area contributed by atoms with E-state index in [1.54, 1.807) is 0 Å². The second-order valence-corrected chi connectivity index (χ2v) is 5.13. The summed E-state index contributed by atoms with van der Waals surface area (Å²) in [6.45, 7) is 0.383. The number of hydrogen-bond acceptors (Lipinski definition) is 2. The largest absolute Gasteiger partial charge is 0.487 e. The van der Waals surface area contributed by atoms with E-state index in [4.69, 9.17) is 16.3 Å². The Bertz CT molecular complexity index is 836. The van der Waals surface area contributed by atoms with Crippen LogP contribution in [-0.2, 0) is 6.61 Å². The molecule has 0 atom stereocenters. The molecule has 21 heavy (non-hydrogen) atoms. The van der Waals surface area contributed by atoms with Gasteiger partial charge >= 0.3 is 0 Å². The number of nitrogens with zero attached hydrogens (tertiary/aromatic N) is 1. The number of benzene rings is 3. The zero-order chi connectivity index (χ0) is 14.7. The third kappa shape index (κ3) is 2.84. The molecule has 3 heteroatoms. The van der Waals surface area contributed by atoms with E-state index >= 15 is 0 Å². The smallest absolute Gasteiger partial charge is 0.138 e. The molecule has 0 unspecified atom stereocenters. The minimum atomic E-state index is 0.383. The zero-order valence-corrected chi connectivity index (χ0v) is 12.0. The lowest BCUT2D eigenvalue weighted by Gasteiger charge is -2.10. The van der Waals surface area contributed by atoms with Crippen molar-refractivity contribution in [2.24, 2.45) is 0 Å². The van der Waals surface area contributed by atoms with E-state index < -0.39 is 0 Å². The van der Waals surface area contributed by atoms with Crippen LogP contribution in [0.5, 0.6) is 5.75 Å². The summed E-state index contributed by atoms with van der Waals surface area (Å²) in [6.07, 6.45) is 0. The van der Waals surface area contributed by atoms with Gasteiger partial charge in [-0.25, -0.2) is 0 Å². The maximum Gasteiger partial charge on any atom is 0.138 e. The van der Waals surface area contributed by atoms with Crippen molar-refractivity contribution in [3.63, 3.8) is 0 Å². The van der Waals surface area contributed by atoms with Crippen molar-refractivity contribution in [1.29, 1.82) is 5.26 Å². The molecule has 0 saturated heterocycles. The lowest BCUT2D eigenvalue weighted by Crippen LogP contribution is -1.97. The predicted molar refractivity (Wildman–Crippen MR) is 84.4 cm³/mol. The Morgan fingerprint density at radius 2 is 1.86 bits per heavy atom. The number of fused-ring (bicyclic) bond motifs is 1. The fraction of sp³-hybridized carbons (Fsp3) is 0.0556. The van der Waals surface area contributed by atoms with Gasteiger partial charge in [0.1, 0.15) is 24.0 Å². The first kappa shape index (κ1) is 13.5. The second-order valence-electron chi connectivity index (χ2n) is 4.69. The first-order valence-electron chi connectivity index (χ1n) is 6.57. The number of rotatable bonds is 3. The van der Waals surface area contributed by atoms with Gasteiger partial charge in [-0.1, -0.05) is 54.1 Å². The van der Waals surface area contributed by atoms with Gasteiger partial charge in [0.2, 0.25) is 0 Å². The summed E-state index contributed by atoms with van der Waals surface area (Å²) in [6, 6.07) is 21.3. The molecule has 0 N–H and O–H groups in total. The molecule has 0 bridgehead atoms. The Balaban J connectivity index is 1.92. The molecule has 0 radical (unpaired) electrons. The topological polar surface area (TPSA) is 33.0 Å². The number of hydrogen-bond donors (Lipinski definition) is 0. The SMILES string of the molecule is N#Cc1c(OCc2cccc(Cl)c2)ccc2ccccc12. The van der Waals surface area contributed by atoms with Crippen LogP contribution in [0.3, 0.4) is 0 Å². The van der Waals surface area contributed by atoms with Gasteiger partial charge < -0.3 is 4.74 Å². The van der Waals surface area contributed by atoms with Gasteiger partial charge in [-0.05, 0) is 29.1 Å². The van der Waals surface area contributed by atoms with Gasteiger partial charge in [0.05, 0.1) is 0 Å². The molecular weight excluding hydrogens is 282 g/mol. The van der Waals surface area contributed by atoms with Crippen LogP contribution in [-0.4, -0.2) is 0 Å². The molecule has 3 aromatic carbocycles. The molecule has 0 aliphatic heterocycles. The highest BCUT2D eigenvalue weighted by Gasteiger charge is 2.08. The van der Waals surface area contributed by atoms with Crippen molar-refractivity contribution >= 4 is 22.4 Å². The van der Waals surface area contributed by atoms with Gasteiger partial charge in [-0.2, -0.15) is 5.26 Å².